The molecule has 1 unspecified atom stereocenters. The van der Waals surface area contributed by atoms with Gasteiger partial charge in [0.05, 0.1) is 6.04 Å². The molecule has 1 saturated heterocycles. The Morgan fingerprint density at radius 3 is 2.96 bits per heavy atom. The number of anilines is 1. The highest BCUT2D eigenvalue weighted by Crippen LogP contribution is 2.33. The van der Waals surface area contributed by atoms with Crippen LogP contribution in [0.1, 0.15) is 42.9 Å². The Morgan fingerprint density at radius 1 is 1.40 bits per heavy atom. The number of likely N-dealkylation sites (tertiary alicyclic amines) is 1. The number of nitrogens with zero attached hydrogens (tertiary/aromatic N) is 3. The van der Waals surface area contributed by atoms with E-state index in [-0.39, 0.29) is 12.1 Å². The number of pyridine rings is 1. The zero-order chi connectivity index (χ0) is 17.8. The normalized spacial score (nSPS) is 16.9. The summed E-state index contributed by atoms with van der Waals surface area (Å²) in [5.41, 5.74) is 1.00. The SMILES string of the molecule is CCc1ccc(C2CCCN2C(=O)NCc2cccnc2N(C)C)o1. The Morgan fingerprint density at radius 2 is 2.24 bits per heavy atom. The molecular weight excluding hydrogens is 316 g/mol. The fourth-order valence-corrected chi connectivity index (χ4v) is 3.31. The van der Waals surface area contributed by atoms with Crippen LogP contribution in [0.25, 0.3) is 0 Å². The van der Waals surface area contributed by atoms with Crippen molar-refractivity contribution in [3.05, 3.63) is 47.5 Å². The summed E-state index contributed by atoms with van der Waals surface area (Å²) in [7, 11) is 3.90. The van der Waals surface area contributed by atoms with Gasteiger partial charge >= 0.3 is 6.03 Å². The highest BCUT2D eigenvalue weighted by molar-refractivity contribution is 5.75. The monoisotopic (exact) mass is 342 g/mol. The lowest BCUT2D eigenvalue weighted by molar-refractivity contribution is 0.185. The molecule has 2 aromatic heterocycles. The number of amides is 2. The van der Waals surface area contributed by atoms with Crippen molar-refractivity contribution >= 4 is 11.8 Å². The van der Waals surface area contributed by atoms with E-state index < -0.39 is 0 Å². The van der Waals surface area contributed by atoms with Gasteiger partial charge in [0.1, 0.15) is 17.3 Å². The molecule has 1 aliphatic rings. The minimum Gasteiger partial charge on any atom is -0.464 e. The van der Waals surface area contributed by atoms with Gasteiger partial charge in [-0.1, -0.05) is 13.0 Å². The van der Waals surface area contributed by atoms with E-state index in [1.165, 1.54) is 0 Å². The third-order valence-electron chi connectivity index (χ3n) is 4.59. The first-order chi connectivity index (χ1) is 12.1. The van der Waals surface area contributed by atoms with E-state index in [4.69, 9.17) is 4.42 Å². The first kappa shape index (κ1) is 17.3. The lowest BCUT2D eigenvalue weighted by atomic mass is 10.2. The second-order valence-corrected chi connectivity index (χ2v) is 6.55. The molecule has 1 N–H and O–H groups in total. The van der Waals surface area contributed by atoms with Crippen LogP contribution >= 0.6 is 0 Å². The summed E-state index contributed by atoms with van der Waals surface area (Å²) in [6, 6.07) is 7.86. The van der Waals surface area contributed by atoms with E-state index in [1.54, 1.807) is 6.20 Å². The largest absolute Gasteiger partial charge is 0.464 e. The molecule has 3 rings (SSSR count). The summed E-state index contributed by atoms with van der Waals surface area (Å²) in [4.78, 5) is 20.9. The summed E-state index contributed by atoms with van der Waals surface area (Å²) in [6.45, 7) is 3.28. The molecule has 1 atom stereocenters. The van der Waals surface area contributed by atoms with Crippen LogP contribution in [0.4, 0.5) is 10.6 Å². The molecule has 1 fully saturated rings. The molecule has 2 aromatic rings. The Balaban J connectivity index is 1.66. The van der Waals surface area contributed by atoms with Crippen LogP contribution in [0.2, 0.25) is 0 Å². The number of aromatic nitrogens is 1. The van der Waals surface area contributed by atoms with Crippen LogP contribution in [-0.2, 0) is 13.0 Å². The molecule has 134 valence electrons. The van der Waals surface area contributed by atoms with Gasteiger partial charge in [-0.05, 0) is 31.0 Å². The van der Waals surface area contributed by atoms with Crippen molar-refractivity contribution in [2.24, 2.45) is 0 Å². The molecule has 6 heteroatoms. The fourth-order valence-electron chi connectivity index (χ4n) is 3.31. The molecule has 1 aliphatic heterocycles. The van der Waals surface area contributed by atoms with Crippen LogP contribution in [0, 0.1) is 0 Å². The van der Waals surface area contributed by atoms with E-state index in [0.717, 1.165) is 48.7 Å². The van der Waals surface area contributed by atoms with Crippen LogP contribution in [0.3, 0.4) is 0 Å². The van der Waals surface area contributed by atoms with Crippen molar-refractivity contribution in [2.45, 2.75) is 38.8 Å². The first-order valence-electron chi connectivity index (χ1n) is 8.84. The van der Waals surface area contributed by atoms with E-state index in [1.807, 2.05) is 48.2 Å². The Labute approximate surface area is 148 Å². The molecule has 0 saturated carbocycles. The van der Waals surface area contributed by atoms with Gasteiger partial charge in [-0.2, -0.15) is 0 Å². The van der Waals surface area contributed by atoms with E-state index in [9.17, 15) is 4.79 Å². The maximum absolute atomic E-state index is 12.7. The predicted molar refractivity (Wildman–Crippen MR) is 97.6 cm³/mol. The number of carbonyl (C=O) groups is 1. The zero-order valence-electron chi connectivity index (χ0n) is 15.2. The minimum atomic E-state index is -0.0505. The molecule has 0 radical (unpaired) electrons. The second-order valence-electron chi connectivity index (χ2n) is 6.55. The smallest absolute Gasteiger partial charge is 0.318 e. The van der Waals surface area contributed by atoms with Crippen molar-refractivity contribution < 1.29 is 9.21 Å². The lowest BCUT2D eigenvalue weighted by Gasteiger charge is -2.24. The van der Waals surface area contributed by atoms with Crippen molar-refractivity contribution in [2.75, 3.05) is 25.5 Å². The molecule has 0 aliphatic carbocycles. The summed E-state index contributed by atoms with van der Waals surface area (Å²) in [6.07, 6.45) is 4.57. The van der Waals surface area contributed by atoms with Gasteiger partial charge in [0.15, 0.2) is 0 Å². The van der Waals surface area contributed by atoms with Gasteiger partial charge in [-0.15, -0.1) is 0 Å². The van der Waals surface area contributed by atoms with E-state index in [0.29, 0.717) is 6.54 Å². The van der Waals surface area contributed by atoms with Crippen molar-refractivity contribution in [3.8, 4) is 0 Å². The number of hydrogen-bond acceptors (Lipinski definition) is 4. The Hall–Kier alpha value is -2.50. The van der Waals surface area contributed by atoms with Crippen molar-refractivity contribution in [1.29, 1.82) is 0 Å². The van der Waals surface area contributed by atoms with Gasteiger partial charge in [0.2, 0.25) is 0 Å². The fraction of sp³-hybridized carbons (Fsp3) is 0.474. The van der Waals surface area contributed by atoms with Crippen LogP contribution in [0.5, 0.6) is 0 Å². The highest BCUT2D eigenvalue weighted by Gasteiger charge is 2.32. The van der Waals surface area contributed by atoms with Gasteiger partial charge < -0.3 is 19.5 Å². The molecule has 2 amide bonds. The number of urea groups is 1. The maximum Gasteiger partial charge on any atom is 0.318 e. The number of rotatable bonds is 5. The lowest BCUT2D eigenvalue weighted by Crippen LogP contribution is -2.39. The average Bonchev–Trinajstić information content (AvgIpc) is 3.28. The quantitative estimate of drug-likeness (QED) is 0.905. The van der Waals surface area contributed by atoms with Crippen LogP contribution in [-0.4, -0.2) is 36.6 Å². The Kier molecular flexibility index (Phi) is 5.26. The molecular formula is C19H26N4O2. The maximum atomic E-state index is 12.7. The standard InChI is InChI=1S/C19H26N4O2/c1-4-15-9-10-17(25-15)16-8-6-12-23(16)19(24)21-13-14-7-5-11-20-18(14)22(2)3/h5,7,9-11,16H,4,6,8,12-13H2,1-3H3,(H,21,24). The van der Waals surface area contributed by atoms with Gasteiger partial charge in [0, 0.05) is 45.4 Å². The second kappa shape index (κ2) is 7.59. The third-order valence-corrected chi connectivity index (χ3v) is 4.59. The Bertz CT molecular complexity index is 726. The molecule has 6 nitrogen and oxygen atoms in total. The van der Waals surface area contributed by atoms with Crippen LogP contribution < -0.4 is 10.2 Å². The predicted octanol–water partition coefficient (Wildman–Crippen LogP) is 3.35. The van der Waals surface area contributed by atoms with Crippen LogP contribution in [0.15, 0.2) is 34.9 Å². The molecule has 0 aromatic carbocycles. The zero-order valence-corrected chi connectivity index (χ0v) is 15.2. The van der Waals surface area contributed by atoms with E-state index in [2.05, 4.69) is 17.2 Å². The molecule has 0 spiro atoms. The number of furan rings is 1. The topological polar surface area (TPSA) is 61.6 Å². The highest BCUT2D eigenvalue weighted by atomic mass is 16.3. The average molecular weight is 342 g/mol. The summed E-state index contributed by atoms with van der Waals surface area (Å²) in [5, 5.41) is 3.04. The van der Waals surface area contributed by atoms with Gasteiger partial charge in [-0.3, -0.25) is 0 Å². The summed E-state index contributed by atoms with van der Waals surface area (Å²) < 4.78 is 5.87. The number of aryl methyl sites for hydroxylation is 1. The third kappa shape index (κ3) is 3.78. The first-order valence-corrected chi connectivity index (χ1v) is 8.84. The number of carbonyl (C=O) groups excluding carboxylic acids is 1. The number of hydrogen-bond donors (Lipinski definition) is 1. The minimum absolute atomic E-state index is 0.0301. The number of nitrogens with one attached hydrogen (secondary N) is 1. The van der Waals surface area contributed by atoms with Crippen molar-refractivity contribution in [1.82, 2.24) is 15.2 Å². The summed E-state index contributed by atoms with van der Waals surface area (Å²) in [5.74, 6) is 2.73. The van der Waals surface area contributed by atoms with Gasteiger partial charge in [0.25, 0.3) is 0 Å². The van der Waals surface area contributed by atoms with Gasteiger partial charge in [-0.25, -0.2) is 9.78 Å². The molecule has 3 heterocycles. The summed E-state index contributed by atoms with van der Waals surface area (Å²) >= 11 is 0. The molecule has 0 bridgehead atoms. The molecule has 25 heavy (non-hydrogen) atoms. The van der Waals surface area contributed by atoms with E-state index >= 15 is 0 Å². The van der Waals surface area contributed by atoms with Crippen molar-refractivity contribution in [3.63, 3.8) is 0 Å².